The zero-order valence-electron chi connectivity index (χ0n) is 11.5. The minimum Gasteiger partial charge on any atom is -0.239 e. The number of nitrogens with zero attached hydrogens (tertiary/aromatic N) is 5. The molecule has 0 N–H and O–H groups in total. The molecule has 0 saturated heterocycles. The summed E-state index contributed by atoms with van der Waals surface area (Å²) >= 11 is 5.71. The topological polar surface area (TPSA) is 56.5 Å². The van der Waals surface area contributed by atoms with Crippen LogP contribution in [-0.4, -0.2) is 24.7 Å². The van der Waals surface area contributed by atoms with E-state index in [-0.39, 0.29) is 12.1 Å². The third kappa shape index (κ3) is 3.48. The molecule has 3 aromatic rings. The Morgan fingerprint density at radius 1 is 1.13 bits per heavy atom. The number of pyridine rings is 1. The molecule has 23 heavy (non-hydrogen) atoms. The highest BCUT2D eigenvalue weighted by atomic mass is 35.5. The molecule has 0 aromatic carbocycles. The molecule has 0 radical (unpaired) electrons. The van der Waals surface area contributed by atoms with E-state index in [1.165, 1.54) is 35.4 Å². The van der Waals surface area contributed by atoms with Crippen molar-refractivity contribution in [3.05, 3.63) is 65.0 Å². The first-order valence-corrected chi connectivity index (χ1v) is 6.86. The molecule has 0 spiro atoms. The molecule has 0 atom stereocenters. The summed E-state index contributed by atoms with van der Waals surface area (Å²) in [6, 6.07) is 3.81. The largest absolute Gasteiger partial charge is 0.282 e. The van der Waals surface area contributed by atoms with Gasteiger partial charge in [0.05, 0.1) is 22.8 Å². The third-order valence-corrected chi connectivity index (χ3v) is 3.19. The second kappa shape index (κ2) is 6.33. The predicted octanol–water partition coefficient (Wildman–Crippen LogP) is 3.38. The summed E-state index contributed by atoms with van der Waals surface area (Å²) in [5, 5.41) is 4.19. The predicted molar refractivity (Wildman–Crippen MR) is 76.1 cm³/mol. The van der Waals surface area contributed by atoms with E-state index in [1.807, 2.05) is 0 Å². The molecule has 0 amide bonds. The maximum Gasteiger partial charge on any atom is 0.282 e. The van der Waals surface area contributed by atoms with Crippen LogP contribution in [0.25, 0.3) is 5.69 Å². The Morgan fingerprint density at radius 2 is 1.87 bits per heavy atom. The summed E-state index contributed by atoms with van der Waals surface area (Å²) in [5.74, 6) is -0.351. The van der Waals surface area contributed by atoms with Crippen molar-refractivity contribution in [2.75, 3.05) is 0 Å². The van der Waals surface area contributed by atoms with Gasteiger partial charge in [0, 0.05) is 24.7 Å². The zero-order chi connectivity index (χ0) is 16.4. The minimum absolute atomic E-state index is 0.140. The fraction of sp³-hybridized carbons (Fsp3) is 0.143. The maximum atomic E-state index is 13.3. The van der Waals surface area contributed by atoms with Crippen molar-refractivity contribution in [2.45, 2.75) is 12.8 Å². The molecule has 0 saturated carbocycles. The summed E-state index contributed by atoms with van der Waals surface area (Å²) in [6.45, 7) is 0. The third-order valence-electron chi connectivity index (χ3n) is 2.99. The summed E-state index contributed by atoms with van der Waals surface area (Å²) in [7, 11) is 0. The lowest BCUT2D eigenvalue weighted by atomic mass is 10.2. The van der Waals surface area contributed by atoms with Gasteiger partial charge in [-0.2, -0.15) is 9.49 Å². The number of hydrogen-bond acceptors (Lipinski definition) is 4. The summed E-state index contributed by atoms with van der Waals surface area (Å²) in [4.78, 5) is 11.5. The molecule has 0 aliphatic carbocycles. The van der Waals surface area contributed by atoms with E-state index in [0.29, 0.717) is 16.5 Å². The van der Waals surface area contributed by atoms with Gasteiger partial charge in [0.1, 0.15) is 11.5 Å². The van der Waals surface area contributed by atoms with E-state index >= 15 is 0 Å². The van der Waals surface area contributed by atoms with Crippen LogP contribution < -0.4 is 0 Å². The van der Waals surface area contributed by atoms with Crippen molar-refractivity contribution in [3.8, 4) is 5.69 Å². The molecule has 0 aliphatic heterocycles. The van der Waals surface area contributed by atoms with Gasteiger partial charge in [0.15, 0.2) is 0 Å². The first-order valence-electron chi connectivity index (χ1n) is 6.48. The molecule has 3 heterocycles. The number of hydrogen-bond donors (Lipinski definition) is 0. The van der Waals surface area contributed by atoms with Gasteiger partial charge in [-0.25, -0.2) is 28.4 Å². The molecule has 0 bridgehead atoms. The van der Waals surface area contributed by atoms with E-state index in [2.05, 4.69) is 20.1 Å². The summed E-state index contributed by atoms with van der Waals surface area (Å²) in [6.07, 6.45) is 1.44. The van der Waals surface area contributed by atoms with E-state index in [0.717, 1.165) is 6.07 Å². The average molecular weight is 340 g/mol. The molecule has 118 valence electrons. The van der Waals surface area contributed by atoms with Crippen LogP contribution in [0.15, 0.2) is 36.8 Å². The van der Waals surface area contributed by atoms with Crippen LogP contribution in [-0.2, 0) is 6.42 Å². The number of alkyl halides is 2. The van der Waals surface area contributed by atoms with Crippen molar-refractivity contribution in [2.24, 2.45) is 0 Å². The van der Waals surface area contributed by atoms with Crippen LogP contribution in [0, 0.1) is 5.95 Å². The van der Waals surface area contributed by atoms with Gasteiger partial charge in [0.2, 0.25) is 5.95 Å². The second-order valence-electron chi connectivity index (χ2n) is 4.60. The van der Waals surface area contributed by atoms with Crippen LogP contribution >= 0.6 is 11.6 Å². The molecule has 5 nitrogen and oxygen atoms in total. The highest BCUT2D eigenvalue weighted by Gasteiger charge is 2.18. The molecular weight excluding hydrogens is 331 g/mol. The first kappa shape index (κ1) is 15.4. The Labute approximate surface area is 133 Å². The monoisotopic (exact) mass is 339 g/mol. The highest BCUT2D eigenvalue weighted by molar-refractivity contribution is 6.30. The van der Waals surface area contributed by atoms with Gasteiger partial charge < -0.3 is 0 Å². The molecule has 0 unspecified atom stereocenters. The Balaban J connectivity index is 2.02. The van der Waals surface area contributed by atoms with Crippen molar-refractivity contribution >= 4 is 11.6 Å². The lowest BCUT2D eigenvalue weighted by Gasteiger charge is -2.06. The lowest BCUT2D eigenvalue weighted by molar-refractivity contribution is 0.145. The number of aromatic nitrogens is 5. The zero-order valence-corrected chi connectivity index (χ0v) is 12.3. The number of halogens is 4. The lowest BCUT2D eigenvalue weighted by Crippen LogP contribution is -2.06. The molecular formula is C14H9ClF3N5. The van der Waals surface area contributed by atoms with Gasteiger partial charge >= 0.3 is 0 Å². The maximum absolute atomic E-state index is 13.3. The molecule has 0 fully saturated rings. The van der Waals surface area contributed by atoms with Gasteiger partial charge in [-0.3, -0.25) is 0 Å². The van der Waals surface area contributed by atoms with Gasteiger partial charge in [-0.05, 0) is 12.1 Å². The standard InChI is InChI=1S/C14H9ClF3N5/c15-8-6-20-13(21-7-8)5-10-3-11(14(17)18)22-23(10)9-1-2-19-12(16)4-9/h1-4,6-7,14H,5H2. The SMILES string of the molecule is Fc1cc(-n2nc(C(F)F)cc2Cc2ncc(Cl)cn2)ccn1. The number of rotatable bonds is 4. The van der Waals surface area contributed by atoms with Crippen LogP contribution in [0.2, 0.25) is 5.02 Å². The van der Waals surface area contributed by atoms with E-state index in [4.69, 9.17) is 11.6 Å². The van der Waals surface area contributed by atoms with Crippen molar-refractivity contribution in [3.63, 3.8) is 0 Å². The van der Waals surface area contributed by atoms with E-state index in [9.17, 15) is 13.2 Å². The summed E-state index contributed by atoms with van der Waals surface area (Å²) in [5.41, 5.74) is 0.271. The average Bonchev–Trinajstić information content (AvgIpc) is 2.94. The Kier molecular flexibility index (Phi) is 4.24. The van der Waals surface area contributed by atoms with Gasteiger partial charge in [-0.1, -0.05) is 11.6 Å². The normalized spacial score (nSPS) is 11.2. The second-order valence-corrected chi connectivity index (χ2v) is 5.04. The smallest absolute Gasteiger partial charge is 0.239 e. The van der Waals surface area contributed by atoms with Crippen molar-refractivity contribution in [1.82, 2.24) is 24.7 Å². The first-order chi connectivity index (χ1) is 11.0. The van der Waals surface area contributed by atoms with Crippen LogP contribution in [0.1, 0.15) is 23.6 Å². The highest BCUT2D eigenvalue weighted by Crippen LogP contribution is 2.22. The van der Waals surface area contributed by atoms with Gasteiger partial charge in [0.25, 0.3) is 6.43 Å². The van der Waals surface area contributed by atoms with Crippen molar-refractivity contribution < 1.29 is 13.2 Å². The molecule has 9 heteroatoms. The molecule has 3 rings (SSSR count). The Bertz CT molecular complexity index is 820. The molecule has 3 aromatic heterocycles. The van der Waals surface area contributed by atoms with Crippen LogP contribution in [0.4, 0.5) is 13.2 Å². The minimum atomic E-state index is -2.74. The molecule has 0 aliphatic rings. The van der Waals surface area contributed by atoms with Gasteiger partial charge in [-0.15, -0.1) is 0 Å². The summed E-state index contributed by atoms with van der Waals surface area (Å²) < 4.78 is 40.4. The van der Waals surface area contributed by atoms with Crippen LogP contribution in [0.3, 0.4) is 0 Å². The van der Waals surface area contributed by atoms with E-state index in [1.54, 1.807) is 0 Å². The van der Waals surface area contributed by atoms with Crippen molar-refractivity contribution in [1.29, 1.82) is 0 Å². The quantitative estimate of drug-likeness (QED) is 0.684. The Morgan fingerprint density at radius 3 is 2.52 bits per heavy atom. The Hall–Kier alpha value is -2.48. The fourth-order valence-corrected chi connectivity index (χ4v) is 2.11. The van der Waals surface area contributed by atoms with E-state index < -0.39 is 18.1 Å². The fourth-order valence-electron chi connectivity index (χ4n) is 2.01. The van der Waals surface area contributed by atoms with Crippen LogP contribution in [0.5, 0.6) is 0 Å².